The largest absolute Gasteiger partial charge is 0.484 e. The van der Waals surface area contributed by atoms with Crippen molar-refractivity contribution in [3.05, 3.63) is 65.0 Å². The highest BCUT2D eigenvalue weighted by Gasteiger charge is 2.23. The first-order valence-corrected chi connectivity index (χ1v) is 10.2. The number of nitrogens with zero attached hydrogens (tertiary/aromatic N) is 1. The van der Waals surface area contributed by atoms with E-state index in [-0.39, 0.29) is 18.3 Å². The number of carbonyl (C=O) groups is 1. The molecule has 1 fully saturated rings. The van der Waals surface area contributed by atoms with E-state index in [2.05, 4.69) is 20.9 Å². The summed E-state index contributed by atoms with van der Waals surface area (Å²) in [6, 6.07) is 13.2. The standard InChI is InChI=1S/C23H29FN4O2/c1-16-13-18(5-10-21(16)24)14-27-23(25-2)26-12-11-17-3-8-20(9-4-17)30-15-22(29)28-19-6-7-19/h3-5,8-10,13,19H,6-7,11-12,14-15H2,1-2H3,(H,28,29)(H2,25,26,27). The van der Waals surface area contributed by atoms with Crippen LogP contribution in [-0.2, 0) is 17.8 Å². The van der Waals surface area contributed by atoms with Gasteiger partial charge in [0, 0.05) is 26.2 Å². The third-order valence-corrected chi connectivity index (χ3v) is 4.85. The molecule has 1 aliphatic rings. The van der Waals surface area contributed by atoms with E-state index in [1.807, 2.05) is 30.3 Å². The van der Waals surface area contributed by atoms with Crippen molar-refractivity contribution >= 4 is 11.9 Å². The molecule has 160 valence electrons. The Morgan fingerprint density at radius 3 is 2.53 bits per heavy atom. The summed E-state index contributed by atoms with van der Waals surface area (Å²) in [4.78, 5) is 15.9. The Morgan fingerprint density at radius 1 is 1.13 bits per heavy atom. The molecule has 3 N–H and O–H groups in total. The number of amides is 1. The maximum Gasteiger partial charge on any atom is 0.258 e. The van der Waals surface area contributed by atoms with Crippen LogP contribution in [0.25, 0.3) is 0 Å². The van der Waals surface area contributed by atoms with E-state index in [0.717, 1.165) is 30.4 Å². The van der Waals surface area contributed by atoms with E-state index in [9.17, 15) is 9.18 Å². The fraction of sp³-hybridized carbons (Fsp3) is 0.391. The molecule has 30 heavy (non-hydrogen) atoms. The van der Waals surface area contributed by atoms with E-state index >= 15 is 0 Å². The molecular formula is C23H29FN4O2. The van der Waals surface area contributed by atoms with Gasteiger partial charge in [0.05, 0.1) is 0 Å². The van der Waals surface area contributed by atoms with E-state index in [0.29, 0.717) is 36.4 Å². The van der Waals surface area contributed by atoms with Crippen LogP contribution in [0.4, 0.5) is 4.39 Å². The topological polar surface area (TPSA) is 74.8 Å². The Morgan fingerprint density at radius 2 is 1.87 bits per heavy atom. The molecular weight excluding hydrogens is 383 g/mol. The summed E-state index contributed by atoms with van der Waals surface area (Å²) in [6.45, 7) is 3.09. The van der Waals surface area contributed by atoms with Gasteiger partial charge in [-0.3, -0.25) is 9.79 Å². The summed E-state index contributed by atoms with van der Waals surface area (Å²) in [5.74, 6) is 1.11. The van der Waals surface area contributed by atoms with Gasteiger partial charge >= 0.3 is 0 Å². The molecule has 1 saturated carbocycles. The van der Waals surface area contributed by atoms with Gasteiger partial charge in [0.15, 0.2) is 12.6 Å². The van der Waals surface area contributed by atoms with Gasteiger partial charge in [-0.05, 0) is 61.1 Å². The van der Waals surface area contributed by atoms with Crippen molar-refractivity contribution in [1.82, 2.24) is 16.0 Å². The van der Waals surface area contributed by atoms with Crippen molar-refractivity contribution in [3.8, 4) is 5.75 Å². The smallest absolute Gasteiger partial charge is 0.258 e. The Kier molecular flexibility index (Phi) is 7.65. The highest BCUT2D eigenvalue weighted by molar-refractivity contribution is 5.79. The molecule has 0 aromatic heterocycles. The lowest BCUT2D eigenvalue weighted by Gasteiger charge is -2.13. The first-order valence-electron chi connectivity index (χ1n) is 10.2. The maximum atomic E-state index is 13.4. The van der Waals surface area contributed by atoms with Gasteiger partial charge in [-0.2, -0.15) is 0 Å². The summed E-state index contributed by atoms with van der Waals surface area (Å²) < 4.78 is 18.9. The normalized spacial score (nSPS) is 13.6. The number of ether oxygens (including phenoxy) is 1. The number of hydrogen-bond donors (Lipinski definition) is 3. The highest BCUT2D eigenvalue weighted by atomic mass is 19.1. The molecule has 1 aliphatic carbocycles. The van der Waals surface area contributed by atoms with Gasteiger partial charge in [0.1, 0.15) is 11.6 Å². The van der Waals surface area contributed by atoms with Crippen molar-refractivity contribution in [2.24, 2.45) is 4.99 Å². The fourth-order valence-electron chi connectivity index (χ4n) is 2.95. The van der Waals surface area contributed by atoms with Gasteiger partial charge in [0.2, 0.25) is 0 Å². The van der Waals surface area contributed by atoms with Gasteiger partial charge < -0.3 is 20.7 Å². The van der Waals surface area contributed by atoms with Crippen molar-refractivity contribution < 1.29 is 13.9 Å². The second-order valence-corrected chi connectivity index (χ2v) is 7.46. The molecule has 7 heteroatoms. The van der Waals surface area contributed by atoms with E-state index in [1.165, 1.54) is 6.07 Å². The lowest BCUT2D eigenvalue weighted by atomic mass is 10.1. The zero-order chi connectivity index (χ0) is 21.3. The lowest BCUT2D eigenvalue weighted by Crippen LogP contribution is -2.37. The van der Waals surface area contributed by atoms with Crippen LogP contribution in [-0.4, -0.2) is 38.1 Å². The first kappa shape index (κ1) is 21.6. The summed E-state index contributed by atoms with van der Waals surface area (Å²) >= 11 is 0. The van der Waals surface area contributed by atoms with Crippen LogP contribution < -0.4 is 20.7 Å². The number of guanidine groups is 1. The molecule has 0 bridgehead atoms. The minimum Gasteiger partial charge on any atom is -0.484 e. The van der Waals surface area contributed by atoms with Gasteiger partial charge in [-0.1, -0.05) is 24.3 Å². The maximum absolute atomic E-state index is 13.4. The van der Waals surface area contributed by atoms with Crippen LogP contribution in [0, 0.1) is 12.7 Å². The molecule has 0 heterocycles. The number of aryl methyl sites for hydroxylation is 1. The quantitative estimate of drug-likeness (QED) is 0.437. The summed E-state index contributed by atoms with van der Waals surface area (Å²) in [7, 11) is 1.72. The minimum absolute atomic E-state index is 0.0486. The Hall–Kier alpha value is -3.09. The number of aliphatic imine (C=N–C) groups is 1. The van der Waals surface area contributed by atoms with Gasteiger partial charge in [0.25, 0.3) is 5.91 Å². The molecule has 0 radical (unpaired) electrons. The van der Waals surface area contributed by atoms with Gasteiger partial charge in [-0.15, -0.1) is 0 Å². The molecule has 0 saturated heterocycles. The molecule has 0 unspecified atom stereocenters. The van der Waals surface area contributed by atoms with Crippen LogP contribution in [0.15, 0.2) is 47.5 Å². The summed E-state index contributed by atoms with van der Waals surface area (Å²) in [6.07, 6.45) is 2.96. The Bertz CT molecular complexity index is 879. The monoisotopic (exact) mass is 412 g/mol. The zero-order valence-electron chi connectivity index (χ0n) is 17.5. The molecule has 0 atom stereocenters. The number of nitrogens with one attached hydrogen (secondary N) is 3. The average molecular weight is 413 g/mol. The van der Waals surface area contributed by atoms with E-state index < -0.39 is 0 Å². The Labute approximate surface area is 176 Å². The second-order valence-electron chi connectivity index (χ2n) is 7.46. The Balaban J connectivity index is 1.36. The molecule has 1 amide bonds. The lowest BCUT2D eigenvalue weighted by molar-refractivity contribution is -0.123. The number of benzene rings is 2. The van der Waals surface area contributed by atoms with E-state index in [4.69, 9.17) is 4.74 Å². The summed E-state index contributed by atoms with van der Waals surface area (Å²) in [5, 5.41) is 9.40. The molecule has 0 aliphatic heterocycles. The number of halogens is 1. The molecule has 0 spiro atoms. The third-order valence-electron chi connectivity index (χ3n) is 4.85. The fourth-order valence-corrected chi connectivity index (χ4v) is 2.95. The zero-order valence-corrected chi connectivity index (χ0v) is 17.5. The van der Waals surface area contributed by atoms with Crippen molar-refractivity contribution in [2.75, 3.05) is 20.2 Å². The van der Waals surface area contributed by atoms with Crippen LogP contribution in [0.2, 0.25) is 0 Å². The van der Waals surface area contributed by atoms with Crippen molar-refractivity contribution in [1.29, 1.82) is 0 Å². The predicted molar refractivity (Wildman–Crippen MR) is 116 cm³/mol. The highest BCUT2D eigenvalue weighted by Crippen LogP contribution is 2.18. The first-order chi connectivity index (χ1) is 14.5. The van der Waals surface area contributed by atoms with Crippen LogP contribution in [0.3, 0.4) is 0 Å². The van der Waals surface area contributed by atoms with E-state index in [1.54, 1.807) is 20.0 Å². The molecule has 2 aromatic carbocycles. The number of hydrogen-bond acceptors (Lipinski definition) is 3. The van der Waals surface area contributed by atoms with Crippen LogP contribution in [0.5, 0.6) is 5.75 Å². The number of rotatable bonds is 9. The summed E-state index contributed by atoms with van der Waals surface area (Å²) in [5.41, 5.74) is 2.79. The van der Waals surface area contributed by atoms with Crippen LogP contribution in [0.1, 0.15) is 29.5 Å². The van der Waals surface area contributed by atoms with Gasteiger partial charge in [-0.25, -0.2) is 4.39 Å². The second kappa shape index (κ2) is 10.6. The number of carbonyl (C=O) groups excluding carboxylic acids is 1. The third kappa shape index (κ3) is 7.06. The van der Waals surface area contributed by atoms with Crippen molar-refractivity contribution in [2.45, 2.75) is 38.8 Å². The predicted octanol–water partition coefficient (Wildman–Crippen LogP) is 2.70. The van der Waals surface area contributed by atoms with Crippen LogP contribution >= 0.6 is 0 Å². The average Bonchev–Trinajstić information content (AvgIpc) is 3.56. The molecule has 3 rings (SSSR count). The SMILES string of the molecule is CN=C(NCCc1ccc(OCC(=O)NC2CC2)cc1)NCc1ccc(F)c(C)c1. The molecule has 2 aromatic rings. The minimum atomic E-state index is -0.195. The van der Waals surface area contributed by atoms with Crippen molar-refractivity contribution in [3.63, 3.8) is 0 Å². The molecule has 6 nitrogen and oxygen atoms in total.